The highest BCUT2D eigenvalue weighted by molar-refractivity contribution is 6.25. The predicted molar refractivity (Wildman–Crippen MR) is 142 cm³/mol. The molecule has 3 N–H and O–H groups in total. The maximum Gasteiger partial charge on any atom is 0.407 e. The molecule has 210 valence electrons. The molecule has 2 unspecified atom stereocenters. The van der Waals surface area contributed by atoms with E-state index in [4.69, 9.17) is 4.74 Å². The highest BCUT2D eigenvalue weighted by Gasteiger charge is 2.46. The van der Waals surface area contributed by atoms with E-state index in [9.17, 15) is 24.0 Å². The predicted octanol–water partition coefficient (Wildman–Crippen LogP) is 2.12. The normalized spacial score (nSPS) is 25.8. The average molecular weight is 540 g/mol. The van der Waals surface area contributed by atoms with E-state index in [0.29, 0.717) is 29.6 Å². The summed E-state index contributed by atoms with van der Waals surface area (Å²) in [4.78, 5) is 65.6. The van der Waals surface area contributed by atoms with Gasteiger partial charge in [-0.2, -0.15) is 0 Å². The number of benzene rings is 1. The van der Waals surface area contributed by atoms with Gasteiger partial charge in [-0.3, -0.25) is 29.4 Å². The summed E-state index contributed by atoms with van der Waals surface area (Å²) in [7, 11) is 0. The van der Waals surface area contributed by atoms with Crippen LogP contribution in [0, 0.1) is 11.8 Å². The van der Waals surface area contributed by atoms with E-state index in [0.717, 1.165) is 43.8 Å². The molecular formula is C28H37N5O6. The molecule has 1 aromatic rings. The lowest BCUT2D eigenvalue weighted by Crippen LogP contribution is -2.54. The van der Waals surface area contributed by atoms with Gasteiger partial charge in [0.05, 0.1) is 11.1 Å². The van der Waals surface area contributed by atoms with E-state index in [-0.39, 0.29) is 30.5 Å². The Kier molecular flexibility index (Phi) is 7.37. The molecule has 39 heavy (non-hydrogen) atoms. The van der Waals surface area contributed by atoms with Crippen molar-refractivity contribution in [3.05, 3.63) is 29.3 Å². The van der Waals surface area contributed by atoms with Gasteiger partial charge in [-0.1, -0.05) is 6.07 Å². The van der Waals surface area contributed by atoms with Crippen LogP contribution in [-0.4, -0.2) is 83.4 Å². The van der Waals surface area contributed by atoms with Gasteiger partial charge in [-0.15, -0.1) is 0 Å². The lowest BCUT2D eigenvalue weighted by molar-refractivity contribution is -0.136. The molecule has 5 amide bonds. The number of rotatable bonds is 7. The second-order valence-corrected chi connectivity index (χ2v) is 12.0. The van der Waals surface area contributed by atoms with E-state index in [2.05, 4.69) is 20.9 Å². The van der Waals surface area contributed by atoms with Gasteiger partial charge in [-0.25, -0.2) is 4.79 Å². The van der Waals surface area contributed by atoms with Crippen molar-refractivity contribution in [2.75, 3.05) is 31.5 Å². The van der Waals surface area contributed by atoms with Gasteiger partial charge in [0.25, 0.3) is 11.8 Å². The molecule has 1 saturated carbocycles. The van der Waals surface area contributed by atoms with Crippen molar-refractivity contribution in [2.45, 2.75) is 70.6 Å². The fourth-order valence-corrected chi connectivity index (χ4v) is 5.75. The molecule has 3 fully saturated rings. The third kappa shape index (κ3) is 6.08. The second-order valence-electron chi connectivity index (χ2n) is 12.0. The van der Waals surface area contributed by atoms with Gasteiger partial charge in [0, 0.05) is 44.3 Å². The minimum absolute atomic E-state index is 0.0932. The van der Waals surface area contributed by atoms with Crippen molar-refractivity contribution >= 4 is 35.4 Å². The van der Waals surface area contributed by atoms with E-state index in [1.54, 1.807) is 18.2 Å². The Morgan fingerprint density at radius 3 is 2.49 bits per heavy atom. The van der Waals surface area contributed by atoms with Crippen LogP contribution in [0.5, 0.6) is 0 Å². The minimum atomic E-state index is -0.973. The van der Waals surface area contributed by atoms with E-state index >= 15 is 0 Å². The van der Waals surface area contributed by atoms with Crippen LogP contribution in [0.25, 0.3) is 0 Å². The van der Waals surface area contributed by atoms with Gasteiger partial charge in [0.1, 0.15) is 11.6 Å². The van der Waals surface area contributed by atoms with Gasteiger partial charge >= 0.3 is 6.09 Å². The van der Waals surface area contributed by atoms with Crippen LogP contribution in [0.15, 0.2) is 18.2 Å². The third-order valence-electron chi connectivity index (χ3n) is 7.89. The van der Waals surface area contributed by atoms with Crippen molar-refractivity contribution in [1.82, 2.24) is 20.4 Å². The number of carbonyl (C=O) groups excluding carboxylic acids is 5. The number of amides is 5. The zero-order valence-corrected chi connectivity index (χ0v) is 22.7. The molecule has 0 radical (unpaired) electrons. The highest BCUT2D eigenvalue weighted by Crippen LogP contribution is 2.40. The Morgan fingerprint density at radius 1 is 1.05 bits per heavy atom. The Labute approximate surface area is 228 Å². The maximum absolute atomic E-state index is 13.3. The largest absolute Gasteiger partial charge is 0.444 e. The van der Waals surface area contributed by atoms with Crippen molar-refractivity contribution in [1.29, 1.82) is 0 Å². The molecule has 2 saturated heterocycles. The molecule has 0 aromatic heterocycles. The summed E-state index contributed by atoms with van der Waals surface area (Å²) in [6, 6.07) is 4.29. The molecule has 3 atom stereocenters. The molecule has 1 aromatic carbocycles. The zero-order valence-electron chi connectivity index (χ0n) is 22.7. The number of anilines is 1. The van der Waals surface area contributed by atoms with Crippen molar-refractivity contribution in [2.24, 2.45) is 11.8 Å². The SMILES string of the molecule is CC(C)(C)OC(=O)NC1CCN(C[C@@H]2CC2CNc2cccc3c2C(=O)N(C2CCC(=O)NC2=O)C3=O)CC1. The van der Waals surface area contributed by atoms with Crippen molar-refractivity contribution < 1.29 is 28.7 Å². The number of carbonyl (C=O) groups is 5. The van der Waals surface area contributed by atoms with Crippen LogP contribution >= 0.6 is 0 Å². The number of hydrogen-bond acceptors (Lipinski definition) is 8. The molecule has 0 spiro atoms. The van der Waals surface area contributed by atoms with Crippen LogP contribution in [0.2, 0.25) is 0 Å². The van der Waals surface area contributed by atoms with E-state index < -0.39 is 35.3 Å². The second kappa shape index (κ2) is 10.6. The number of nitrogens with zero attached hydrogens (tertiary/aromatic N) is 2. The smallest absolute Gasteiger partial charge is 0.407 e. The molecule has 1 aliphatic carbocycles. The van der Waals surface area contributed by atoms with Crippen molar-refractivity contribution in [3.63, 3.8) is 0 Å². The first-order valence-electron chi connectivity index (χ1n) is 13.8. The fourth-order valence-electron chi connectivity index (χ4n) is 5.75. The molecule has 5 rings (SSSR count). The molecule has 0 bridgehead atoms. The molecule has 3 heterocycles. The number of hydrogen-bond donors (Lipinski definition) is 3. The number of alkyl carbamates (subject to hydrolysis) is 1. The first kappa shape index (κ1) is 27.1. The van der Waals surface area contributed by atoms with Gasteiger partial charge in [-0.05, 0) is 70.4 Å². The number of ether oxygens (including phenoxy) is 1. The van der Waals surface area contributed by atoms with Crippen molar-refractivity contribution in [3.8, 4) is 0 Å². The number of nitrogens with one attached hydrogen (secondary N) is 3. The third-order valence-corrected chi connectivity index (χ3v) is 7.89. The Bertz CT molecular complexity index is 1190. The number of imide groups is 2. The lowest BCUT2D eigenvalue weighted by Gasteiger charge is -2.33. The summed E-state index contributed by atoms with van der Waals surface area (Å²) in [5.74, 6) is -0.972. The van der Waals surface area contributed by atoms with E-state index in [1.165, 1.54) is 0 Å². The van der Waals surface area contributed by atoms with Gasteiger partial charge < -0.3 is 20.3 Å². The lowest BCUT2D eigenvalue weighted by atomic mass is 10.0. The molecule has 4 aliphatic rings. The molecular weight excluding hydrogens is 502 g/mol. The van der Waals surface area contributed by atoms with Crippen LogP contribution in [-0.2, 0) is 14.3 Å². The Hall–Kier alpha value is -3.47. The minimum Gasteiger partial charge on any atom is -0.444 e. The first-order valence-corrected chi connectivity index (χ1v) is 13.8. The fraction of sp³-hybridized carbons (Fsp3) is 0.607. The average Bonchev–Trinajstić information content (AvgIpc) is 3.55. The summed E-state index contributed by atoms with van der Waals surface area (Å²) in [5, 5.41) is 8.58. The summed E-state index contributed by atoms with van der Waals surface area (Å²) in [6.45, 7) is 9.11. The monoisotopic (exact) mass is 539 g/mol. The highest BCUT2D eigenvalue weighted by atomic mass is 16.6. The summed E-state index contributed by atoms with van der Waals surface area (Å²) < 4.78 is 5.36. The quantitative estimate of drug-likeness (QED) is 0.448. The number of likely N-dealkylation sites (tertiary alicyclic amines) is 1. The van der Waals surface area contributed by atoms with Gasteiger partial charge in [0.15, 0.2) is 0 Å². The van der Waals surface area contributed by atoms with Gasteiger partial charge in [0.2, 0.25) is 11.8 Å². The number of piperidine rings is 2. The molecule has 11 heteroatoms. The van der Waals surface area contributed by atoms with Crippen LogP contribution < -0.4 is 16.0 Å². The molecule has 11 nitrogen and oxygen atoms in total. The summed E-state index contributed by atoms with van der Waals surface area (Å²) in [6.07, 6.45) is 2.75. The van der Waals surface area contributed by atoms with Crippen LogP contribution in [0.3, 0.4) is 0 Å². The summed E-state index contributed by atoms with van der Waals surface area (Å²) in [5.41, 5.74) is 0.671. The van der Waals surface area contributed by atoms with E-state index in [1.807, 2.05) is 20.8 Å². The Balaban J connectivity index is 1.10. The zero-order chi connectivity index (χ0) is 27.9. The Morgan fingerprint density at radius 2 is 1.79 bits per heavy atom. The van der Waals surface area contributed by atoms with Crippen LogP contribution in [0.4, 0.5) is 10.5 Å². The maximum atomic E-state index is 13.3. The molecule has 3 aliphatic heterocycles. The van der Waals surface area contributed by atoms with Crippen LogP contribution in [0.1, 0.15) is 73.6 Å². The summed E-state index contributed by atoms with van der Waals surface area (Å²) >= 11 is 0. The topological polar surface area (TPSA) is 137 Å². The standard InChI is InChI=1S/C28H37N5O6/c1-28(2,3)39-27(38)30-18-9-11-32(12-10-18)15-17-13-16(17)14-29-20-6-4-5-19-23(20)26(37)33(25(19)36)21-7-8-22(34)31-24(21)35/h4-6,16-18,21,29H,7-15H2,1-3H3,(H,30,38)(H,31,34,35)/t16?,17-,21?/m0/s1. The first-order chi connectivity index (χ1) is 18.5. The number of fused-ring (bicyclic) bond motifs is 1.